The number of nitrogens with zero attached hydrogens (tertiary/aromatic N) is 2. The molecule has 1 aromatic carbocycles. The molecule has 1 aliphatic heterocycles. The van der Waals surface area contributed by atoms with Crippen LogP contribution in [0.1, 0.15) is 0 Å². The van der Waals surface area contributed by atoms with E-state index in [4.69, 9.17) is 11.6 Å². The van der Waals surface area contributed by atoms with Gasteiger partial charge in [0.15, 0.2) is 0 Å². The van der Waals surface area contributed by atoms with Crippen LogP contribution in [0, 0.1) is 0 Å². The van der Waals surface area contributed by atoms with Crippen molar-refractivity contribution in [1.82, 2.24) is 0 Å². The second-order valence-corrected chi connectivity index (χ2v) is 2.93. The van der Waals surface area contributed by atoms with Crippen molar-refractivity contribution in [2.75, 3.05) is 0 Å². The zero-order chi connectivity index (χ0) is 10.2. The Balaban J connectivity index is 2.48. The smallest absolute Gasteiger partial charge is 0.380 e. The number of carbonyl (C=O) groups excluding carboxylic acids is 1. The Hall–Kier alpha value is -1.46. The predicted molar refractivity (Wildman–Crippen MR) is 46.0 cm³/mol. The number of halogens is 1. The van der Waals surface area contributed by atoms with Crippen molar-refractivity contribution in [1.29, 1.82) is 0 Å². The summed E-state index contributed by atoms with van der Waals surface area (Å²) in [5.74, 6) is 0. The Morgan fingerprint density at radius 2 is 1.86 bits per heavy atom. The summed E-state index contributed by atoms with van der Waals surface area (Å²) in [5, 5.41) is 10.4. The van der Waals surface area contributed by atoms with Crippen LogP contribution in [0.5, 0.6) is 0 Å². The molecule has 14 heavy (non-hydrogen) atoms. The van der Waals surface area contributed by atoms with E-state index in [9.17, 15) is 9.90 Å². The molecular weight excluding hydrogens is 208 g/mol. The van der Waals surface area contributed by atoms with E-state index in [1.807, 2.05) is 0 Å². The lowest BCUT2D eigenvalue weighted by Gasteiger charge is -2.12. The average Bonchev–Trinajstić information content (AvgIpc) is 2.38. The minimum Gasteiger partial charge on any atom is -0.380 e. The van der Waals surface area contributed by atoms with Crippen molar-refractivity contribution in [3.05, 3.63) is 35.0 Å². The Kier molecular flexibility index (Phi) is 1.98. The molecule has 0 atom stereocenters. The van der Waals surface area contributed by atoms with Gasteiger partial charge in [0.05, 0.1) is 10.7 Å². The van der Waals surface area contributed by atoms with Crippen LogP contribution in [0.25, 0.3) is 0 Å². The average molecular weight is 213 g/mol. The van der Waals surface area contributed by atoms with Gasteiger partial charge in [-0.1, -0.05) is 12.1 Å². The van der Waals surface area contributed by atoms with Crippen LogP contribution < -0.4 is 10.7 Å². The lowest BCUT2D eigenvalue weighted by Crippen LogP contribution is -2.27. The lowest BCUT2D eigenvalue weighted by molar-refractivity contribution is -0.141. The highest BCUT2D eigenvalue weighted by molar-refractivity contribution is 6.61. The molecule has 1 aromatic rings. The van der Waals surface area contributed by atoms with Gasteiger partial charge in [-0.25, -0.2) is 4.79 Å². The molecule has 0 saturated carbocycles. The normalized spacial score (nSPS) is 16.4. The summed E-state index contributed by atoms with van der Waals surface area (Å²) in [7, 11) is 0. The maximum atomic E-state index is 10.4. The van der Waals surface area contributed by atoms with E-state index in [1.54, 1.807) is 24.3 Å². The van der Waals surface area contributed by atoms with Crippen LogP contribution >= 0.6 is 11.6 Å². The highest BCUT2D eigenvalue weighted by atomic mass is 35.5. The van der Waals surface area contributed by atoms with Gasteiger partial charge in [-0.2, -0.15) is 9.98 Å². The molecule has 0 saturated heterocycles. The summed E-state index contributed by atoms with van der Waals surface area (Å²) >= 11 is 4.95. The molecule has 0 spiro atoms. The first-order valence-corrected chi connectivity index (χ1v) is 4.12. The van der Waals surface area contributed by atoms with Gasteiger partial charge in [0.1, 0.15) is 0 Å². The fourth-order valence-electron chi connectivity index (χ4n) is 1.15. The monoisotopic (exact) mass is 212 g/mol. The van der Waals surface area contributed by atoms with Crippen LogP contribution in [0.15, 0.2) is 34.3 Å². The maximum Gasteiger partial charge on any atom is 0.426 e. The number of hydrogen-bond donors (Lipinski definition) is 1. The number of para-hydroxylation sites is 2. The third-order valence-corrected chi connectivity index (χ3v) is 1.71. The molecule has 0 fully saturated rings. The van der Waals surface area contributed by atoms with Gasteiger partial charge in [-0.15, -0.1) is 0 Å². The summed E-state index contributed by atoms with van der Waals surface area (Å²) in [6.45, 7) is 0. The molecule has 6 heteroatoms. The predicted octanol–water partition coefficient (Wildman–Crippen LogP) is -0.0816. The quantitative estimate of drug-likeness (QED) is 0.523. The second kappa shape index (κ2) is 3.04. The Morgan fingerprint density at radius 1 is 1.36 bits per heavy atom. The molecule has 0 bridgehead atoms. The number of fused-ring (bicyclic) bond motifs is 1. The van der Waals surface area contributed by atoms with Crippen LogP contribution in [-0.2, 0) is 4.74 Å². The van der Waals surface area contributed by atoms with E-state index in [-0.39, 0.29) is 0 Å². The minimum absolute atomic E-state index is 0.452. The lowest BCUT2D eigenvalue weighted by atomic mass is 10.3. The Labute approximate surface area is 83.3 Å². The summed E-state index contributed by atoms with van der Waals surface area (Å²) < 4.78 is 4.33. The number of aliphatic hydroxyl groups is 1. The second-order valence-electron chi connectivity index (χ2n) is 2.63. The highest BCUT2D eigenvalue weighted by Gasteiger charge is 2.32. The van der Waals surface area contributed by atoms with E-state index in [0.717, 1.165) is 0 Å². The largest absolute Gasteiger partial charge is 0.426 e. The standard InChI is InChI=1S/C8H5ClN2O3/c9-7(12)14-8(13)10-5-3-1-2-4-6(5)11-8/h1-4,13H. The van der Waals surface area contributed by atoms with Gasteiger partial charge in [0.2, 0.25) is 0 Å². The zero-order valence-corrected chi connectivity index (χ0v) is 7.60. The van der Waals surface area contributed by atoms with Crippen LogP contribution in [0.2, 0.25) is 0 Å². The molecule has 1 aliphatic rings. The maximum absolute atomic E-state index is 10.4. The van der Waals surface area contributed by atoms with Gasteiger partial charge >= 0.3 is 11.5 Å². The topological polar surface area (TPSA) is 71.2 Å². The summed E-state index contributed by atoms with van der Waals surface area (Å²) in [6, 6.07) is 4.53. The molecule has 72 valence electrons. The first-order chi connectivity index (χ1) is 6.59. The molecule has 0 unspecified atom stereocenters. The summed E-state index contributed by atoms with van der Waals surface area (Å²) in [5.41, 5.74) is -1.16. The van der Waals surface area contributed by atoms with Gasteiger partial charge in [-0.3, -0.25) is 0 Å². The van der Waals surface area contributed by atoms with E-state index >= 15 is 0 Å². The van der Waals surface area contributed by atoms with Crippen molar-refractivity contribution in [2.24, 2.45) is 9.98 Å². The van der Waals surface area contributed by atoms with E-state index in [2.05, 4.69) is 14.7 Å². The molecular formula is C8H5ClN2O3. The zero-order valence-electron chi connectivity index (χ0n) is 6.85. The summed E-state index contributed by atoms with van der Waals surface area (Å²) in [4.78, 5) is 17.8. The van der Waals surface area contributed by atoms with Crippen LogP contribution in [-0.4, -0.2) is 16.6 Å². The number of hydrogen-bond acceptors (Lipinski definition) is 5. The molecule has 5 nitrogen and oxygen atoms in total. The van der Waals surface area contributed by atoms with Gasteiger partial charge < -0.3 is 9.84 Å². The molecule has 1 N–H and O–H groups in total. The van der Waals surface area contributed by atoms with E-state index in [1.165, 1.54) is 0 Å². The third kappa shape index (κ3) is 1.59. The number of rotatable bonds is 1. The van der Waals surface area contributed by atoms with E-state index < -0.39 is 11.5 Å². The van der Waals surface area contributed by atoms with Crippen molar-refractivity contribution in [3.8, 4) is 0 Å². The van der Waals surface area contributed by atoms with Gasteiger partial charge in [-0.05, 0) is 12.1 Å². The van der Waals surface area contributed by atoms with Gasteiger partial charge in [0, 0.05) is 11.6 Å². The van der Waals surface area contributed by atoms with Crippen molar-refractivity contribution in [2.45, 2.75) is 6.03 Å². The summed E-state index contributed by atoms with van der Waals surface area (Å²) in [6.07, 6.45) is 0. The van der Waals surface area contributed by atoms with Crippen molar-refractivity contribution < 1.29 is 14.6 Å². The van der Waals surface area contributed by atoms with Crippen LogP contribution in [0.4, 0.5) is 4.79 Å². The SMILES string of the molecule is O=C(Cl)OC1(O)N=c2ccccc2=N1. The molecule has 0 aliphatic carbocycles. The molecule has 1 heterocycles. The fraction of sp³-hybridized carbons (Fsp3) is 0.125. The Bertz CT molecular complexity index is 465. The molecule has 0 amide bonds. The fourth-order valence-corrected chi connectivity index (χ4v) is 1.25. The Morgan fingerprint density at radius 3 is 2.29 bits per heavy atom. The highest BCUT2D eigenvalue weighted by Crippen LogP contribution is 2.13. The van der Waals surface area contributed by atoms with Crippen molar-refractivity contribution >= 4 is 17.0 Å². The first-order valence-electron chi connectivity index (χ1n) is 3.75. The third-order valence-electron chi connectivity index (χ3n) is 1.63. The first kappa shape index (κ1) is 9.11. The van der Waals surface area contributed by atoms with E-state index in [0.29, 0.717) is 10.7 Å². The number of benzene rings is 1. The molecule has 0 aromatic heterocycles. The van der Waals surface area contributed by atoms with Crippen molar-refractivity contribution in [3.63, 3.8) is 0 Å². The van der Waals surface area contributed by atoms with Crippen LogP contribution in [0.3, 0.4) is 0 Å². The number of ether oxygens (including phenoxy) is 1. The molecule has 0 radical (unpaired) electrons. The minimum atomic E-state index is -2.21. The number of carbonyl (C=O) groups is 1. The van der Waals surface area contributed by atoms with Gasteiger partial charge in [0.25, 0.3) is 0 Å². The molecule has 2 rings (SSSR count).